The van der Waals surface area contributed by atoms with Crippen LogP contribution in [0, 0.1) is 17.6 Å². The van der Waals surface area contributed by atoms with Gasteiger partial charge in [-0.3, -0.25) is 4.79 Å². The van der Waals surface area contributed by atoms with Gasteiger partial charge in [0.1, 0.15) is 16.5 Å². The van der Waals surface area contributed by atoms with Gasteiger partial charge in [0.05, 0.1) is 0 Å². The molecule has 3 rings (SSSR count). The molecule has 156 valence electrons. The standard InChI is InChI=1S/C21H24F2N2O3S/c22-18-5-3-4-17(14-18)15-24-21(26)9-8-16-10-12-25(13-11-16)29(27,28)20-7-2-1-6-19(20)23/h1-7,14,16H,8-13,15H2,(H,24,26). The van der Waals surface area contributed by atoms with E-state index >= 15 is 0 Å². The number of nitrogens with zero attached hydrogens (tertiary/aromatic N) is 1. The van der Waals surface area contributed by atoms with Crippen molar-refractivity contribution in [1.29, 1.82) is 0 Å². The van der Waals surface area contributed by atoms with Crippen LogP contribution in [0.5, 0.6) is 0 Å². The minimum atomic E-state index is -3.84. The van der Waals surface area contributed by atoms with Crippen LogP contribution < -0.4 is 5.32 Å². The van der Waals surface area contributed by atoms with E-state index in [9.17, 15) is 22.0 Å². The van der Waals surface area contributed by atoms with Crippen molar-refractivity contribution in [2.45, 2.75) is 37.1 Å². The second-order valence-corrected chi connectivity index (χ2v) is 9.13. The molecule has 1 heterocycles. The molecule has 0 bridgehead atoms. The van der Waals surface area contributed by atoms with Gasteiger partial charge in [-0.2, -0.15) is 4.31 Å². The third kappa shape index (κ3) is 5.61. The smallest absolute Gasteiger partial charge is 0.245 e. The summed E-state index contributed by atoms with van der Waals surface area (Å²) in [5.74, 6) is -0.962. The highest BCUT2D eigenvalue weighted by molar-refractivity contribution is 7.89. The summed E-state index contributed by atoms with van der Waals surface area (Å²) >= 11 is 0. The zero-order chi connectivity index (χ0) is 20.9. The summed E-state index contributed by atoms with van der Waals surface area (Å²) in [6, 6.07) is 11.5. The number of rotatable bonds is 7. The summed E-state index contributed by atoms with van der Waals surface area (Å²) in [5, 5.41) is 2.77. The van der Waals surface area contributed by atoms with Crippen LogP contribution in [0.15, 0.2) is 53.4 Å². The zero-order valence-electron chi connectivity index (χ0n) is 16.0. The van der Waals surface area contributed by atoms with Crippen LogP contribution in [0.3, 0.4) is 0 Å². The number of piperidine rings is 1. The monoisotopic (exact) mass is 422 g/mol. The second kappa shape index (κ2) is 9.45. The van der Waals surface area contributed by atoms with E-state index in [1.165, 1.54) is 34.6 Å². The molecule has 2 aromatic rings. The minimum Gasteiger partial charge on any atom is -0.352 e. The number of amides is 1. The predicted molar refractivity (Wildman–Crippen MR) is 105 cm³/mol. The number of hydrogen-bond acceptors (Lipinski definition) is 3. The van der Waals surface area contributed by atoms with Gasteiger partial charge in [0, 0.05) is 26.1 Å². The van der Waals surface area contributed by atoms with Crippen LogP contribution in [0.25, 0.3) is 0 Å². The van der Waals surface area contributed by atoms with Crippen LogP contribution >= 0.6 is 0 Å². The van der Waals surface area contributed by atoms with Crippen molar-refractivity contribution >= 4 is 15.9 Å². The molecule has 1 amide bonds. The summed E-state index contributed by atoms with van der Waals surface area (Å²) in [5.41, 5.74) is 0.699. The van der Waals surface area contributed by atoms with E-state index in [1.807, 2.05) is 0 Å². The fourth-order valence-electron chi connectivity index (χ4n) is 3.50. The molecule has 1 aliphatic rings. The van der Waals surface area contributed by atoms with E-state index in [-0.39, 0.29) is 29.1 Å². The maximum atomic E-state index is 13.9. The van der Waals surface area contributed by atoms with E-state index in [0.717, 1.165) is 6.07 Å². The van der Waals surface area contributed by atoms with E-state index in [1.54, 1.807) is 12.1 Å². The average Bonchev–Trinajstić information content (AvgIpc) is 2.71. The Bertz CT molecular complexity index is 958. The SMILES string of the molecule is O=C(CCC1CCN(S(=O)(=O)c2ccccc2F)CC1)NCc1cccc(F)c1. The van der Waals surface area contributed by atoms with Gasteiger partial charge in [0.25, 0.3) is 0 Å². The van der Waals surface area contributed by atoms with Crippen LogP contribution in [0.1, 0.15) is 31.2 Å². The van der Waals surface area contributed by atoms with Crippen molar-refractivity contribution in [3.63, 3.8) is 0 Å². The summed E-state index contributed by atoms with van der Waals surface area (Å²) in [6.07, 6.45) is 2.25. The Kier molecular flexibility index (Phi) is 6.97. The molecule has 0 spiro atoms. The molecule has 0 aliphatic carbocycles. The van der Waals surface area contributed by atoms with Crippen LogP contribution in [0.2, 0.25) is 0 Å². The van der Waals surface area contributed by atoms with Gasteiger partial charge in [0.2, 0.25) is 15.9 Å². The van der Waals surface area contributed by atoms with Gasteiger partial charge >= 0.3 is 0 Å². The van der Waals surface area contributed by atoms with Crippen molar-refractivity contribution in [3.05, 3.63) is 65.7 Å². The Labute approximate surface area is 169 Å². The molecule has 1 N–H and O–H groups in total. The molecule has 5 nitrogen and oxygen atoms in total. The van der Waals surface area contributed by atoms with Crippen LogP contribution in [0.4, 0.5) is 8.78 Å². The van der Waals surface area contributed by atoms with Gasteiger partial charge in [-0.05, 0) is 55.0 Å². The summed E-state index contributed by atoms with van der Waals surface area (Å²) in [6.45, 7) is 0.897. The quantitative estimate of drug-likeness (QED) is 0.743. The molecule has 29 heavy (non-hydrogen) atoms. The third-order valence-corrected chi connectivity index (χ3v) is 7.12. The highest BCUT2D eigenvalue weighted by Gasteiger charge is 2.31. The molecule has 0 unspecified atom stereocenters. The van der Waals surface area contributed by atoms with Crippen molar-refractivity contribution in [2.75, 3.05) is 13.1 Å². The molecule has 1 saturated heterocycles. The number of benzene rings is 2. The lowest BCUT2D eigenvalue weighted by Gasteiger charge is -2.31. The zero-order valence-corrected chi connectivity index (χ0v) is 16.8. The molecule has 1 aliphatic heterocycles. The van der Waals surface area contributed by atoms with Crippen molar-refractivity contribution < 1.29 is 22.0 Å². The molecule has 0 atom stereocenters. The Balaban J connectivity index is 1.44. The van der Waals surface area contributed by atoms with Gasteiger partial charge in [-0.1, -0.05) is 24.3 Å². The Morgan fingerprint density at radius 2 is 1.79 bits per heavy atom. The maximum absolute atomic E-state index is 13.9. The normalized spacial score (nSPS) is 15.9. The van der Waals surface area contributed by atoms with Crippen LogP contribution in [-0.4, -0.2) is 31.7 Å². The summed E-state index contributed by atoms with van der Waals surface area (Å²) < 4.78 is 53.6. The lowest BCUT2D eigenvalue weighted by molar-refractivity contribution is -0.121. The fourth-order valence-corrected chi connectivity index (χ4v) is 5.04. The first-order valence-corrected chi connectivity index (χ1v) is 11.1. The highest BCUT2D eigenvalue weighted by atomic mass is 32.2. The topological polar surface area (TPSA) is 66.5 Å². The van der Waals surface area contributed by atoms with E-state index in [2.05, 4.69) is 5.32 Å². The molecule has 0 aromatic heterocycles. The van der Waals surface area contributed by atoms with E-state index in [4.69, 9.17) is 0 Å². The molecule has 1 fully saturated rings. The van der Waals surface area contributed by atoms with Crippen molar-refractivity contribution in [2.24, 2.45) is 5.92 Å². The van der Waals surface area contributed by atoms with Gasteiger partial charge in [-0.15, -0.1) is 0 Å². The number of carbonyl (C=O) groups is 1. The molecule has 2 aromatic carbocycles. The predicted octanol–water partition coefficient (Wildman–Crippen LogP) is 3.46. The first kappa shape index (κ1) is 21.4. The number of halogens is 2. The summed E-state index contributed by atoms with van der Waals surface area (Å²) in [7, 11) is -3.84. The number of sulfonamides is 1. The average molecular weight is 422 g/mol. The van der Waals surface area contributed by atoms with E-state index in [0.29, 0.717) is 44.3 Å². The molecular weight excluding hydrogens is 398 g/mol. The first-order chi connectivity index (χ1) is 13.9. The minimum absolute atomic E-state index is 0.115. The Morgan fingerprint density at radius 3 is 2.48 bits per heavy atom. The van der Waals surface area contributed by atoms with E-state index < -0.39 is 15.8 Å². The van der Waals surface area contributed by atoms with Crippen LogP contribution in [-0.2, 0) is 21.4 Å². The molecular formula is C21H24F2N2O3S. The lowest BCUT2D eigenvalue weighted by Crippen LogP contribution is -2.39. The third-order valence-electron chi connectivity index (χ3n) is 5.19. The fraction of sp³-hybridized carbons (Fsp3) is 0.381. The number of nitrogens with one attached hydrogen (secondary N) is 1. The summed E-state index contributed by atoms with van der Waals surface area (Å²) in [4.78, 5) is 11.7. The molecule has 0 saturated carbocycles. The maximum Gasteiger partial charge on any atom is 0.245 e. The van der Waals surface area contributed by atoms with Crippen molar-refractivity contribution in [1.82, 2.24) is 9.62 Å². The number of hydrogen-bond donors (Lipinski definition) is 1. The van der Waals surface area contributed by atoms with Gasteiger partial charge in [-0.25, -0.2) is 17.2 Å². The van der Waals surface area contributed by atoms with Crippen molar-refractivity contribution in [3.8, 4) is 0 Å². The van der Waals surface area contributed by atoms with Gasteiger partial charge in [0.15, 0.2) is 0 Å². The molecule has 8 heteroatoms. The first-order valence-electron chi connectivity index (χ1n) is 9.62. The Hall–Kier alpha value is -2.32. The highest BCUT2D eigenvalue weighted by Crippen LogP contribution is 2.27. The van der Waals surface area contributed by atoms with Gasteiger partial charge < -0.3 is 5.32 Å². The largest absolute Gasteiger partial charge is 0.352 e. The Morgan fingerprint density at radius 1 is 1.07 bits per heavy atom. The number of carbonyl (C=O) groups excluding carboxylic acids is 1. The molecule has 0 radical (unpaired) electrons. The lowest BCUT2D eigenvalue weighted by atomic mass is 9.93. The second-order valence-electron chi connectivity index (χ2n) is 7.22.